The van der Waals surface area contributed by atoms with Crippen LogP contribution in [0.3, 0.4) is 0 Å². The van der Waals surface area contributed by atoms with Gasteiger partial charge < -0.3 is 24.8 Å². The molecule has 0 amide bonds. The molecule has 0 saturated heterocycles. The number of anilines is 1. The molecule has 2 rings (SSSR count). The van der Waals surface area contributed by atoms with E-state index in [9.17, 15) is 0 Å². The van der Waals surface area contributed by atoms with E-state index in [2.05, 4.69) is 21.7 Å². The highest BCUT2D eigenvalue weighted by Gasteiger charge is 2.07. The summed E-state index contributed by atoms with van der Waals surface area (Å²) in [4.78, 5) is 4.67. The van der Waals surface area contributed by atoms with E-state index in [1.807, 2.05) is 51.1 Å². The van der Waals surface area contributed by atoms with Crippen LogP contribution in [-0.4, -0.2) is 33.3 Å². The van der Waals surface area contributed by atoms with Gasteiger partial charge in [0.05, 0.1) is 27.4 Å². The second-order valence-electron chi connectivity index (χ2n) is 5.92. The molecule has 0 aliphatic carbocycles. The largest absolute Gasteiger partial charge is 0.496 e. The topological polar surface area (TPSA) is 64.1 Å². The molecule has 0 aliphatic rings. The van der Waals surface area contributed by atoms with Crippen molar-refractivity contribution < 1.29 is 14.2 Å². The summed E-state index contributed by atoms with van der Waals surface area (Å²) in [5.41, 5.74) is 3.07. The first kappa shape index (κ1) is 20.4. The fourth-order valence-electron chi connectivity index (χ4n) is 2.60. The van der Waals surface area contributed by atoms with Crippen molar-refractivity contribution in [3.63, 3.8) is 0 Å². The van der Waals surface area contributed by atoms with Gasteiger partial charge in [0.15, 0.2) is 17.5 Å². The van der Waals surface area contributed by atoms with Crippen LogP contribution in [0.1, 0.15) is 25.0 Å². The van der Waals surface area contributed by atoms with Crippen LogP contribution < -0.4 is 24.8 Å². The van der Waals surface area contributed by atoms with Crippen LogP contribution in [0.2, 0.25) is 0 Å². The van der Waals surface area contributed by atoms with Crippen LogP contribution >= 0.6 is 0 Å². The lowest BCUT2D eigenvalue weighted by atomic mass is 10.1. The fraction of sp³-hybridized carbons (Fsp3) is 0.381. The van der Waals surface area contributed by atoms with Gasteiger partial charge in [0.2, 0.25) is 0 Å². The molecule has 2 aromatic carbocycles. The first-order valence-corrected chi connectivity index (χ1v) is 9.10. The molecule has 0 bridgehead atoms. The van der Waals surface area contributed by atoms with Gasteiger partial charge in [-0.15, -0.1) is 0 Å². The van der Waals surface area contributed by atoms with E-state index >= 15 is 0 Å². The Morgan fingerprint density at radius 1 is 0.963 bits per heavy atom. The molecule has 0 radical (unpaired) electrons. The Kier molecular flexibility index (Phi) is 7.79. The highest BCUT2D eigenvalue weighted by molar-refractivity contribution is 5.93. The first-order chi connectivity index (χ1) is 13.1. The fourth-order valence-corrected chi connectivity index (χ4v) is 2.60. The van der Waals surface area contributed by atoms with Crippen molar-refractivity contribution >= 4 is 11.6 Å². The predicted molar refractivity (Wildman–Crippen MR) is 110 cm³/mol. The number of aliphatic imine (C=N–C) groups is 1. The number of guanidine groups is 1. The Morgan fingerprint density at radius 2 is 1.74 bits per heavy atom. The van der Waals surface area contributed by atoms with Crippen molar-refractivity contribution in [2.75, 3.05) is 32.7 Å². The first-order valence-electron chi connectivity index (χ1n) is 9.10. The zero-order valence-electron chi connectivity index (χ0n) is 16.8. The molecule has 2 N–H and O–H groups in total. The second kappa shape index (κ2) is 10.3. The van der Waals surface area contributed by atoms with Crippen molar-refractivity contribution in [1.29, 1.82) is 0 Å². The lowest BCUT2D eigenvalue weighted by Crippen LogP contribution is -2.30. The number of ether oxygens (including phenoxy) is 3. The van der Waals surface area contributed by atoms with Gasteiger partial charge in [-0.05, 0) is 50.1 Å². The highest BCUT2D eigenvalue weighted by atomic mass is 16.5. The molecule has 6 heteroatoms. The summed E-state index contributed by atoms with van der Waals surface area (Å²) >= 11 is 0. The molecule has 2 aromatic rings. The van der Waals surface area contributed by atoms with Crippen molar-refractivity contribution in [2.45, 2.75) is 27.3 Å². The maximum absolute atomic E-state index is 5.64. The smallest absolute Gasteiger partial charge is 0.196 e. The van der Waals surface area contributed by atoms with E-state index in [1.54, 1.807) is 14.2 Å². The third-order valence-corrected chi connectivity index (χ3v) is 3.96. The maximum atomic E-state index is 5.64. The third kappa shape index (κ3) is 5.81. The summed E-state index contributed by atoms with van der Waals surface area (Å²) in [5, 5.41) is 6.57. The summed E-state index contributed by atoms with van der Waals surface area (Å²) in [6.07, 6.45) is 0. The molecule has 0 saturated carbocycles. The van der Waals surface area contributed by atoms with Crippen LogP contribution in [0.15, 0.2) is 41.4 Å². The van der Waals surface area contributed by atoms with Gasteiger partial charge in [-0.25, -0.2) is 4.99 Å². The lowest BCUT2D eigenvalue weighted by Gasteiger charge is -2.14. The van der Waals surface area contributed by atoms with Crippen LogP contribution in [0.25, 0.3) is 0 Å². The molecule has 0 spiro atoms. The van der Waals surface area contributed by atoms with Crippen LogP contribution in [0.5, 0.6) is 17.2 Å². The summed E-state index contributed by atoms with van der Waals surface area (Å²) in [6, 6.07) is 11.8. The minimum Gasteiger partial charge on any atom is -0.496 e. The molecule has 27 heavy (non-hydrogen) atoms. The molecule has 6 nitrogen and oxygen atoms in total. The second-order valence-corrected chi connectivity index (χ2v) is 5.92. The number of rotatable bonds is 8. The highest BCUT2D eigenvalue weighted by Crippen LogP contribution is 2.30. The number of nitrogens with zero attached hydrogens (tertiary/aromatic N) is 1. The van der Waals surface area contributed by atoms with Crippen LogP contribution in [-0.2, 0) is 6.54 Å². The molecular weight excluding hydrogens is 342 g/mol. The number of benzene rings is 2. The average Bonchev–Trinajstić information content (AvgIpc) is 2.68. The van der Waals surface area contributed by atoms with E-state index in [0.717, 1.165) is 29.1 Å². The SMILES string of the molecule is CCNC(=NCc1ccc(C)c(OC)c1)Nc1ccc(OC)c(OCC)c1. The molecule has 0 fully saturated rings. The van der Waals surface area contributed by atoms with Crippen molar-refractivity contribution in [3.05, 3.63) is 47.5 Å². The van der Waals surface area contributed by atoms with Gasteiger partial charge in [-0.1, -0.05) is 12.1 Å². The number of methoxy groups -OCH3 is 2. The standard InChI is InChI=1S/C21H29N3O3/c1-6-22-21(23-14-16-9-8-15(3)19(12-16)26-5)24-17-10-11-18(25-4)20(13-17)27-7-2/h8-13H,6-7,14H2,1-5H3,(H2,22,23,24). The number of hydrogen-bond acceptors (Lipinski definition) is 4. The summed E-state index contributed by atoms with van der Waals surface area (Å²) in [6.45, 7) is 7.88. The van der Waals surface area contributed by atoms with E-state index < -0.39 is 0 Å². The van der Waals surface area contributed by atoms with E-state index in [4.69, 9.17) is 14.2 Å². The Bertz CT molecular complexity index is 775. The minimum absolute atomic E-state index is 0.542. The molecule has 146 valence electrons. The van der Waals surface area contributed by atoms with Gasteiger partial charge >= 0.3 is 0 Å². The van der Waals surface area contributed by atoms with E-state index in [1.165, 1.54) is 0 Å². The number of nitrogens with one attached hydrogen (secondary N) is 2. The van der Waals surface area contributed by atoms with Crippen molar-refractivity contribution in [3.8, 4) is 17.2 Å². The summed E-state index contributed by atoms with van der Waals surface area (Å²) < 4.78 is 16.4. The zero-order chi connectivity index (χ0) is 19.6. The van der Waals surface area contributed by atoms with Crippen molar-refractivity contribution in [2.24, 2.45) is 4.99 Å². The molecule has 0 aliphatic heterocycles. The van der Waals surface area contributed by atoms with Gasteiger partial charge in [0, 0.05) is 18.3 Å². The molecule has 0 aromatic heterocycles. The number of hydrogen-bond donors (Lipinski definition) is 2. The average molecular weight is 371 g/mol. The lowest BCUT2D eigenvalue weighted by molar-refractivity contribution is 0.311. The van der Waals surface area contributed by atoms with Gasteiger partial charge in [0.25, 0.3) is 0 Å². The van der Waals surface area contributed by atoms with Gasteiger partial charge in [-0.3, -0.25) is 0 Å². The third-order valence-electron chi connectivity index (χ3n) is 3.96. The maximum Gasteiger partial charge on any atom is 0.196 e. The predicted octanol–water partition coefficient (Wildman–Crippen LogP) is 3.99. The summed E-state index contributed by atoms with van der Waals surface area (Å²) in [7, 11) is 3.31. The summed E-state index contributed by atoms with van der Waals surface area (Å²) in [5.74, 6) is 2.97. The van der Waals surface area contributed by atoms with E-state index in [0.29, 0.717) is 30.6 Å². The normalized spacial score (nSPS) is 11.1. The van der Waals surface area contributed by atoms with Crippen molar-refractivity contribution in [1.82, 2.24) is 5.32 Å². The minimum atomic E-state index is 0.542. The molecular formula is C21H29N3O3. The van der Waals surface area contributed by atoms with Gasteiger partial charge in [0.1, 0.15) is 5.75 Å². The quantitative estimate of drug-likeness (QED) is 0.543. The van der Waals surface area contributed by atoms with Crippen LogP contribution in [0, 0.1) is 6.92 Å². The van der Waals surface area contributed by atoms with Gasteiger partial charge in [-0.2, -0.15) is 0 Å². The number of aryl methyl sites for hydroxylation is 1. The molecule has 0 unspecified atom stereocenters. The zero-order valence-corrected chi connectivity index (χ0v) is 16.8. The monoisotopic (exact) mass is 371 g/mol. The molecule has 0 atom stereocenters. The Labute approximate surface area is 161 Å². The van der Waals surface area contributed by atoms with E-state index in [-0.39, 0.29) is 0 Å². The Balaban J connectivity index is 2.17. The van der Waals surface area contributed by atoms with Crippen LogP contribution in [0.4, 0.5) is 5.69 Å². The Morgan fingerprint density at radius 3 is 2.41 bits per heavy atom. The molecule has 0 heterocycles. The Hall–Kier alpha value is -2.89.